The summed E-state index contributed by atoms with van der Waals surface area (Å²) in [7, 11) is 0. The lowest BCUT2D eigenvalue weighted by molar-refractivity contribution is 0.0362. The van der Waals surface area contributed by atoms with Crippen LogP contribution in [0.1, 0.15) is 23.1 Å². The smallest absolute Gasteiger partial charge is 0.407 e. The summed E-state index contributed by atoms with van der Waals surface area (Å²) < 4.78 is 18.3. The lowest BCUT2D eigenvalue weighted by Crippen LogP contribution is -2.39. The molecule has 1 atom stereocenters. The Morgan fingerprint density at radius 2 is 2.04 bits per heavy atom. The number of benzene rings is 2. The number of nitrogens with one attached hydrogen (secondary N) is 1. The molecule has 0 saturated carbocycles. The number of rotatable bonds is 4. The summed E-state index contributed by atoms with van der Waals surface area (Å²) in [5, 5.41) is 13.3. The first-order valence-electron chi connectivity index (χ1n) is 7.53. The third-order valence-electron chi connectivity index (χ3n) is 4.11. The topological polar surface area (TPSA) is 58.6 Å². The van der Waals surface area contributed by atoms with Crippen molar-refractivity contribution < 1.29 is 19.0 Å². The van der Waals surface area contributed by atoms with E-state index >= 15 is 0 Å². The van der Waals surface area contributed by atoms with Crippen LogP contribution in [0.15, 0.2) is 48.5 Å². The van der Waals surface area contributed by atoms with Crippen molar-refractivity contribution in [3.8, 4) is 0 Å². The lowest BCUT2D eigenvalue weighted by atomic mass is 9.96. The Labute approximate surface area is 133 Å². The van der Waals surface area contributed by atoms with Crippen molar-refractivity contribution in [1.29, 1.82) is 0 Å². The summed E-state index contributed by atoms with van der Waals surface area (Å²) in [6, 6.07) is 13.7. The maximum absolute atomic E-state index is 13.2. The van der Waals surface area contributed by atoms with Gasteiger partial charge in [-0.15, -0.1) is 0 Å². The van der Waals surface area contributed by atoms with Crippen molar-refractivity contribution in [2.75, 3.05) is 6.54 Å². The van der Waals surface area contributed by atoms with Crippen LogP contribution < -0.4 is 5.32 Å². The summed E-state index contributed by atoms with van der Waals surface area (Å²) in [5.41, 5.74) is 1.17. The van der Waals surface area contributed by atoms with Gasteiger partial charge < -0.3 is 15.2 Å². The summed E-state index contributed by atoms with van der Waals surface area (Å²) in [5.74, 6) is -0.316. The molecule has 0 bridgehead atoms. The molecule has 120 valence electrons. The maximum atomic E-state index is 13.2. The number of alkyl carbamates (subject to hydrolysis) is 1. The Hall–Kier alpha value is -2.40. The van der Waals surface area contributed by atoms with Gasteiger partial charge in [0.1, 0.15) is 18.0 Å². The maximum Gasteiger partial charge on any atom is 0.407 e. The summed E-state index contributed by atoms with van der Waals surface area (Å²) in [6.07, 6.45) is 0.451. The minimum Gasteiger partial charge on any atom is -0.445 e. The highest BCUT2D eigenvalue weighted by Gasteiger charge is 2.37. The second-order valence-corrected chi connectivity index (χ2v) is 5.75. The Morgan fingerprint density at radius 1 is 1.26 bits per heavy atom. The number of aryl methyl sites for hydroxylation is 1. The van der Waals surface area contributed by atoms with Crippen LogP contribution in [0.3, 0.4) is 0 Å². The fourth-order valence-corrected chi connectivity index (χ4v) is 2.88. The third kappa shape index (κ3) is 3.51. The molecule has 0 radical (unpaired) electrons. The molecule has 2 aromatic carbocycles. The van der Waals surface area contributed by atoms with Crippen LogP contribution in [0.25, 0.3) is 0 Å². The van der Waals surface area contributed by atoms with E-state index in [1.165, 1.54) is 12.1 Å². The molecule has 0 aromatic heterocycles. The van der Waals surface area contributed by atoms with Gasteiger partial charge in [0.25, 0.3) is 0 Å². The molecule has 3 rings (SSSR count). The Balaban J connectivity index is 1.55. The van der Waals surface area contributed by atoms with Crippen LogP contribution in [0.5, 0.6) is 0 Å². The number of hydrogen-bond donors (Lipinski definition) is 2. The van der Waals surface area contributed by atoms with E-state index in [2.05, 4.69) is 5.32 Å². The number of fused-ring (bicyclic) bond motifs is 1. The minimum absolute atomic E-state index is 0.0409. The largest absolute Gasteiger partial charge is 0.445 e. The molecular formula is C18H18FNO3. The van der Waals surface area contributed by atoms with Crippen molar-refractivity contribution in [1.82, 2.24) is 5.32 Å². The molecule has 1 amide bonds. The predicted octanol–water partition coefficient (Wildman–Crippen LogP) is 2.89. The highest BCUT2D eigenvalue weighted by atomic mass is 19.1. The van der Waals surface area contributed by atoms with E-state index in [1.807, 2.05) is 30.3 Å². The quantitative estimate of drug-likeness (QED) is 0.912. The van der Waals surface area contributed by atoms with Gasteiger partial charge in [0.05, 0.1) is 6.54 Å². The summed E-state index contributed by atoms with van der Waals surface area (Å²) >= 11 is 0. The monoisotopic (exact) mass is 315 g/mol. The summed E-state index contributed by atoms with van der Waals surface area (Å²) in [6.45, 7) is 0.214. The SMILES string of the molecule is O=C(NCC1(O)CCc2cc(F)ccc21)OCc1ccccc1. The number of halogens is 1. The second-order valence-electron chi connectivity index (χ2n) is 5.75. The molecular weight excluding hydrogens is 297 g/mol. The highest BCUT2D eigenvalue weighted by Crippen LogP contribution is 2.36. The second kappa shape index (κ2) is 6.38. The molecule has 1 aliphatic rings. The molecule has 2 N–H and O–H groups in total. The third-order valence-corrected chi connectivity index (χ3v) is 4.11. The first-order valence-corrected chi connectivity index (χ1v) is 7.53. The molecule has 5 heteroatoms. The van der Waals surface area contributed by atoms with Crippen molar-refractivity contribution in [2.45, 2.75) is 25.0 Å². The van der Waals surface area contributed by atoms with E-state index < -0.39 is 11.7 Å². The van der Waals surface area contributed by atoms with Gasteiger partial charge in [0, 0.05) is 0 Å². The molecule has 0 spiro atoms. The van der Waals surface area contributed by atoms with E-state index in [0.717, 1.165) is 11.1 Å². The zero-order valence-corrected chi connectivity index (χ0v) is 12.6. The number of aliphatic hydroxyl groups is 1. The number of amides is 1. The molecule has 4 nitrogen and oxygen atoms in total. The first kappa shape index (κ1) is 15.5. The number of carbonyl (C=O) groups is 1. The molecule has 23 heavy (non-hydrogen) atoms. The van der Waals surface area contributed by atoms with Crippen molar-refractivity contribution in [2.24, 2.45) is 0 Å². The van der Waals surface area contributed by atoms with Crippen molar-refractivity contribution >= 4 is 6.09 Å². The van der Waals surface area contributed by atoms with Crippen LogP contribution in [0, 0.1) is 5.82 Å². The molecule has 0 heterocycles. The summed E-state index contributed by atoms with van der Waals surface area (Å²) in [4.78, 5) is 11.8. The van der Waals surface area contributed by atoms with E-state index in [9.17, 15) is 14.3 Å². The van der Waals surface area contributed by atoms with Crippen LogP contribution >= 0.6 is 0 Å². The van der Waals surface area contributed by atoms with Crippen LogP contribution in [0.2, 0.25) is 0 Å². The minimum atomic E-state index is -1.17. The van der Waals surface area contributed by atoms with Gasteiger partial charge in [-0.3, -0.25) is 0 Å². The average Bonchev–Trinajstić information content (AvgIpc) is 2.89. The van der Waals surface area contributed by atoms with Crippen LogP contribution in [-0.4, -0.2) is 17.7 Å². The zero-order valence-electron chi connectivity index (χ0n) is 12.6. The highest BCUT2D eigenvalue weighted by molar-refractivity contribution is 5.67. The van der Waals surface area contributed by atoms with Crippen LogP contribution in [-0.2, 0) is 23.4 Å². The van der Waals surface area contributed by atoms with E-state index in [-0.39, 0.29) is 19.0 Å². The van der Waals surface area contributed by atoms with Crippen molar-refractivity contribution in [3.63, 3.8) is 0 Å². The fourth-order valence-electron chi connectivity index (χ4n) is 2.88. The van der Waals surface area contributed by atoms with E-state index in [4.69, 9.17) is 4.74 Å². The van der Waals surface area contributed by atoms with Gasteiger partial charge in [-0.2, -0.15) is 0 Å². The van der Waals surface area contributed by atoms with Crippen LogP contribution in [0.4, 0.5) is 9.18 Å². The molecule has 0 fully saturated rings. The van der Waals surface area contributed by atoms with Gasteiger partial charge in [-0.1, -0.05) is 36.4 Å². The van der Waals surface area contributed by atoms with Gasteiger partial charge in [0.15, 0.2) is 0 Å². The van der Waals surface area contributed by atoms with Gasteiger partial charge in [-0.25, -0.2) is 9.18 Å². The standard InChI is InChI=1S/C18H18FNO3/c19-15-6-7-16-14(10-15)8-9-18(16,22)12-20-17(21)23-11-13-4-2-1-3-5-13/h1-7,10,22H,8-9,11-12H2,(H,20,21). The molecule has 1 aliphatic carbocycles. The van der Waals surface area contributed by atoms with Gasteiger partial charge in [0.2, 0.25) is 0 Å². The van der Waals surface area contributed by atoms with Gasteiger partial charge >= 0.3 is 6.09 Å². The fraction of sp³-hybridized carbons (Fsp3) is 0.278. The Bertz CT molecular complexity index is 705. The molecule has 0 aliphatic heterocycles. The molecule has 0 saturated heterocycles. The number of carbonyl (C=O) groups excluding carboxylic acids is 1. The normalized spacial score (nSPS) is 19.2. The average molecular weight is 315 g/mol. The van der Waals surface area contributed by atoms with E-state index in [0.29, 0.717) is 18.4 Å². The zero-order chi connectivity index (χ0) is 16.3. The molecule has 2 aromatic rings. The number of hydrogen-bond acceptors (Lipinski definition) is 3. The predicted molar refractivity (Wildman–Crippen MR) is 83.2 cm³/mol. The molecule has 1 unspecified atom stereocenters. The van der Waals surface area contributed by atoms with Gasteiger partial charge in [-0.05, 0) is 41.7 Å². The number of ether oxygens (including phenoxy) is 1. The first-order chi connectivity index (χ1) is 11.1. The van der Waals surface area contributed by atoms with E-state index in [1.54, 1.807) is 6.07 Å². The van der Waals surface area contributed by atoms with Crippen molar-refractivity contribution in [3.05, 3.63) is 71.0 Å². The lowest BCUT2D eigenvalue weighted by Gasteiger charge is -2.24. The Kier molecular flexibility index (Phi) is 4.30. The Morgan fingerprint density at radius 3 is 2.83 bits per heavy atom.